The first kappa shape index (κ1) is 22.4. The lowest BCUT2D eigenvalue weighted by atomic mass is 10.0. The lowest BCUT2D eigenvalue weighted by Crippen LogP contribution is -2.44. The molecule has 0 unspecified atom stereocenters. The molecule has 1 N–H and O–H groups in total. The molecule has 0 spiro atoms. The van der Waals surface area contributed by atoms with Gasteiger partial charge in [0.05, 0.1) is 0 Å². The second-order valence-electron chi connectivity index (χ2n) is 7.53. The van der Waals surface area contributed by atoms with Crippen molar-refractivity contribution < 1.29 is 0 Å². The van der Waals surface area contributed by atoms with Gasteiger partial charge in [-0.2, -0.15) is 0 Å². The molecule has 152 valence electrons. The molecule has 0 atom stereocenters. The Bertz CT molecular complexity index is 592. The molecule has 3 rings (SSSR count). The number of likely N-dealkylation sites (N-methyl/N-ethyl adjacent to an activating group) is 1. The van der Waals surface area contributed by atoms with Crippen LogP contribution in [0.2, 0.25) is 0 Å². The summed E-state index contributed by atoms with van der Waals surface area (Å²) in [5.41, 5.74) is 2.93. The molecular formula is C21H36IN5. The van der Waals surface area contributed by atoms with Crippen LogP contribution >= 0.6 is 24.0 Å². The molecule has 0 saturated carbocycles. The van der Waals surface area contributed by atoms with Crippen LogP contribution in [0.5, 0.6) is 0 Å². The topological polar surface area (TPSA) is 34.1 Å². The van der Waals surface area contributed by atoms with Gasteiger partial charge in [-0.25, -0.2) is 0 Å². The van der Waals surface area contributed by atoms with Crippen molar-refractivity contribution in [1.82, 2.24) is 20.0 Å². The van der Waals surface area contributed by atoms with Crippen molar-refractivity contribution in [1.29, 1.82) is 0 Å². The zero-order valence-corrected chi connectivity index (χ0v) is 19.3. The van der Waals surface area contributed by atoms with Crippen molar-refractivity contribution in [2.45, 2.75) is 32.7 Å². The molecule has 2 aliphatic heterocycles. The van der Waals surface area contributed by atoms with Gasteiger partial charge in [0.15, 0.2) is 5.96 Å². The summed E-state index contributed by atoms with van der Waals surface area (Å²) in [7, 11) is 2.23. The highest BCUT2D eigenvalue weighted by Crippen LogP contribution is 2.18. The maximum absolute atomic E-state index is 4.93. The van der Waals surface area contributed by atoms with Crippen LogP contribution in [-0.2, 0) is 13.0 Å². The van der Waals surface area contributed by atoms with Gasteiger partial charge in [0.1, 0.15) is 0 Å². The van der Waals surface area contributed by atoms with Crippen molar-refractivity contribution in [3.63, 3.8) is 0 Å². The van der Waals surface area contributed by atoms with E-state index in [4.69, 9.17) is 4.99 Å². The summed E-state index contributed by atoms with van der Waals surface area (Å²) in [6, 6.07) is 8.80. The second-order valence-corrected chi connectivity index (χ2v) is 7.53. The van der Waals surface area contributed by atoms with Crippen LogP contribution in [0.1, 0.15) is 30.9 Å². The zero-order valence-electron chi connectivity index (χ0n) is 17.0. The third kappa shape index (κ3) is 6.91. The van der Waals surface area contributed by atoms with Crippen LogP contribution in [0.4, 0.5) is 0 Å². The average molecular weight is 485 g/mol. The van der Waals surface area contributed by atoms with Crippen molar-refractivity contribution in [2.75, 3.05) is 59.4 Å². The molecule has 0 radical (unpaired) electrons. The first-order chi connectivity index (χ1) is 12.8. The summed E-state index contributed by atoms with van der Waals surface area (Å²) in [6.45, 7) is 12.0. The van der Waals surface area contributed by atoms with Gasteiger partial charge in [0, 0.05) is 39.3 Å². The van der Waals surface area contributed by atoms with E-state index in [1.165, 1.54) is 50.3 Å². The minimum absolute atomic E-state index is 0. The van der Waals surface area contributed by atoms with Crippen molar-refractivity contribution in [3.05, 3.63) is 35.4 Å². The highest BCUT2D eigenvalue weighted by atomic mass is 127. The molecule has 1 aromatic carbocycles. The minimum atomic E-state index is 0. The molecule has 2 heterocycles. The molecule has 1 aromatic rings. The molecule has 0 aromatic heterocycles. The Morgan fingerprint density at radius 3 is 2.70 bits per heavy atom. The van der Waals surface area contributed by atoms with E-state index in [-0.39, 0.29) is 24.0 Å². The molecule has 5 nitrogen and oxygen atoms in total. The fraction of sp³-hybridized carbons (Fsp3) is 0.667. The summed E-state index contributed by atoms with van der Waals surface area (Å²) in [4.78, 5) is 12.4. The standard InChI is InChI=1S/C21H35N5.HI/c1-3-22-21(26-15-10-19-8-4-5-9-20(19)18-26)23-11-6-13-25-14-7-12-24(2)16-17-25;/h4-5,8-9H,3,6-7,10-18H2,1-2H3,(H,22,23);1H. The third-order valence-electron chi connectivity index (χ3n) is 5.47. The number of nitrogens with one attached hydrogen (secondary N) is 1. The lowest BCUT2D eigenvalue weighted by molar-refractivity contribution is 0.274. The first-order valence-corrected chi connectivity index (χ1v) is 10.3. The Labute approximate surface area is 182 Å². The van der Waals surface area contributed by atoms with Crippen LogP contribution in [-0.4, -0.2) is 80.1 Å². The number of nitrogens with zero attached hydrogens (tertiary/aromatic N) is 4. The van der Waals surface area contributed by atoms with E-state index < -0.39 is 0 Å². The van der Waals surface area contributed by atoms with Crippen molar-refractivity contribution >= 4 is 29.9 Å². The highest BCUT2D eigenvalue weighted by Gasteiger charge is 2.18. The van der Waals surface area contributed by atoms with Gasteiger partial charge in [0.2, 0.25) is 0 Å². The molecule has 0 aliphatic carbocycles. The van der Waals surface area contributed by atoms with Crippen LogP contribution in [0.3, 0.4) is 0 Å². The Morgan fingerprint density at radius 1 is 1.07 bits per heavy atom. The number of aliphatic imine (C=N–C) groups is 1. The van der Waals surface area contributed by atoms with E-state index in [0.717, 1.165) is 45.0 Å². The normalized spacial score (nSPS) is 19.2. The van der Waals surface area contributed by atoms with Crippen LogP contribution in [0.25, 0.3) is 0 Å². The highest BCUT2D eigenvalue weighted by molar-refractivity contribution is 14.0. The first-order valence-electron chi connectivity index (χ1n) is 10.3. The van der Waals surface area contributed by atoms with E-state index in [1.54, 1.807) is 0 Å². The summed E-state index contributed by atoms with van der Waals surface area (Å²) in [5, 5.41) is 3.49. The van der Waals surface area contributed by atoms with Gasteiger partial charge in [-0.1, -0.05) is 24.3 Å². The Kier molecular flexibility index (Phi) is 9.86. The number of guanidine groups is 1. The van der Waals surface area contributed by atoms with E-state index >= 15 is 0 Å². The molecule has 27 heavy (non-hydrogen) atoms. The van der Waals surface area contributed by atoms with E-state index in [2.05, 4.69) is 58.3 Å². The fourth-order valence-corrected chi connectivity index (χ4v) is 3.91. The van der Waals surface area contributed by atoms with Gasteiger partial charge >= 0.3 is 0 Å². The summed E-state index contributed by atoms with van der Waals surface area (Å²) in [5.74, 6) is 1.08. The van der Waals surface area contributed by atoms with E-state index in [0.29, 0.717) is 0 Å². The Morgan fingerprint density at radius 2 is 1.89 bits per heavy atom. The number of fused-ring (bicyclic) bond motifs is 1. The zero-order chi connectivity index (χ0) is 18.2. The number of halogens is 1. The monoisotopic (exact) mass is 485 g/mol. The van der Waals surface area contributed by atoms with Gasteiger partial charge < -0.3 is 20.0 Å². The van der Waals surface area contributed by atoms with Crippen LogP contribution in [0, 0.1) is 0 Å². The SMILES string of the molecule is CCNC(=NCCCN1CCCN(C)CC1)N1CCc2ccccc2C1.I. The number of hydrogen-bond acceptors (Lipinski definition) is 3. The largest absolute Gasteiger partial charge is 0.357 e. The summed E-state index contributed by atoms with van der Waals surface area (Å²) in [6.07, 6.45) is 3.54. The van der Waals surface area contributed by atoms with Gasteiger partial charge in [-0.15, -0.1) is 24.0 Å². The second kappa shape index (κ2) is 11.9. The summed E-state index contributed by atoms with van der Waals surface area (Å²) < 4.78 is 0. The molecule has 2 aliphatic rings. The number of rotatable bonds is 5. The minimum Gasteiger partial charge on any atom is -0.357 e. The van der Waals surface area contributed by atoms with Gasteiger partial charge in [0.25, 0.3) is 0 Å². The predicted octanol–water partition coefficient (Wildman–Crippen LogP) is 2.66. The number of hydrogen-bond donors (Lipinski definition) is 1. The lowest BCUT2D eigenvalue weighted by Gasteiger charge is -2.31. The Balaban J connectivity index is 0.00000261. The maximum Gasteiger partial charge on any atom is 0.194 e. The maximum atomic E-state index is 4.93. The Hall–Kier alpha value is -0.860. The molecule has 0 bridgehead atoms. The molecule has 1 saturated heterocycles. The van der Waals surface area contributed by atoms with Gasteiger partial charge in [-0.3, -0.25) is 4.99 Å². The van der Waals surface area contributed by atoms with Crippen LogP contribution in [0.15, 0.2) is 29.3 Å². The smallest absolute Gasteiger partial charge is 0.194 e. The average Bonchev–Trinajstić information content (AvgIpc) is 2.88. The molecular weight excluding hydrogens is 449 g/mol. The van der Waals surface area contributed by atoms with Crippen LogP contribution < -0.4 is 5.32 Å². The van der Waals surface area contributed by atoms with Crippen molar-refractivity contribution in [2.24, 2.45) is 4.99 Å². The molecule has 0 amide bonds. The van der Waals surface area contributed by atoms with Crippen molar-refractivity contribution in [3.8, 4) is 0 Å². The van der Waals surface area contributed by atoms with E-state index in [1.807, 2.05) is 0 Å². The van der Waals surface area contributed by atoms with E-state index in [9.17, 15) is 0 Å². The summed E-state index contributed by atoms with van der Waals surface area (Å²) >= 11 is 0. The predicted molar refractivity (Wildman–Crippen MR) is 125 cm³/mol. The fourth-order valence-electron chi connectivity index (χ4n) is 3.91. The molecule has 1 fully saturated rings. The molecule has 6 heteroatoms. The quantitative estimate of drug-likeness (QED) is 0.301. The van der Waals surface area contributed by atoms with Gasteiger partial charge in [-0.05, 0) is 64.0 Å². The third-order valence-corrected chi connectivity index (χ3v) is 5.47. The number of benzene rings is 1.